The molecule has 1 rings (SSSR count). The number of alkyl halides is 3. The molecule has 14 heavy (non-hydrogen) atoms. The number of hydroxylamine groups is 1. The number of hydrogen-bond donors (Lipinski definition) is 0. The molecule has 1 aromatic rings. The number of benzene rings is 1. The van der Waals surface area contributed by atoms with E-state index < -0.39 is 11.7 Å². The zero-order valence-electron chi connectivity index (χ0n) is 7.72. The van der Waals surface area contributed by atoms with Crippen LogP contribution in [0.1, 0.15) is 11.1 Å². The Morgan fingerprint density at radius 3 is 2.29 bits per heavy atom. The molecule has 1 aromatic carbocycles. The Kier molecular flexibility index (Phi) is 2.71. The van der Waals surface area contributed by atoms with Crippen LogP contribution in [-0.2, 0) is 6.18 Å². The summed E-state index contributed by atoms with van der Waals surface area (Å²) < 4.78 is 37.1. The van der Waals surface area contributed by atoms with Crippen LogP contribution in [0.15, 0.2) is 18.2 Å². The Labute approximate surface area is 79.5 Å². The van der Waals surface area contributed by atoms with Crippen LogP contribution < -0.4 is 5.06 Å². The minimum atomic E-state index is -4.41. The average Bonchev–Trinajstić information content (AvgIpc) is 2.02. The molecule has 0 saturated heterocycles. The molecule has 5 heteroatoms. The molecule has 0 atom stereocenters. The lowest BCUT2D eigenvalue weighted by Gasteiger charge is -2.26. The van der Waals surface area contributed by atoms with Crippen LogP contribution in [0.5, 0.6) is 0 Å². The molecule has 0 heterocycles. The molecular formula is C9H9F3NO-. The lowest BCUT2D eigenvalue weighted by Crippen LogP contribution is -2.11. The second kappa shape index (κ2) is 3.49. The number of anilines is 1. The number of hydrogen-bond acceptors (Lipinski definition) is 2. The minimum absolute atomic E-state index is 0.00271. The lowest BCUT2D eigenvalue weighted by atomic mass is 10.1. The van der Waals surface area contributed by atoms with Gasteiger partial charge in [0.15, 0.2) is 0 Å². The van der Waals surface area contributed by atoms with Gasteiger partial charge in [0.1, 0.15) is 0 Å². The van der Waals surface area contributed by atoms with Gasteiger partial charge in [0, 0.05) is 5.69 Å². The fourth-order valence-electron chi connectivity index (χ4n) is 1.11. The van der Waals surface area contributed by atoms with Gasteiger partial charge in [-0.3, -0.25) is 0 Å². The summed E-state index contributed by atoms with van der Waals surface area (Å²) in [7, 11) is 1.16. The van der Waals surface area contributed by atoms with E-state index in [2.05, 4.69) is 0 Å². The van der Waals surface area contributed by atoms with Crippen molar-refractivity contribution in [2.75, 3.05) is 12.1 Å². The van der Waals surface area contributed by atoms with Crippen LogP contribution in [0.2, 0.25) is 0 Å². The van der Waals surface area contributed by atoms with Crippen LogP contribution in [-0.4, -0.2) is 7.05 Å². The van der Waals surface area contributed by atoms with E-state index in [1.54, 1.807) is 0 Å². The molecule has 0 aromatic heterocycles. The summed E-state index contributed by atoms with van der Waals surface area (Å²) in [5, 5.41) is 11.2. The molecular weight excluding hydrogens is 195 g/mol. The highest BCUT2D eigenvalue weighted by Gasteiger charge is 2.32. The van der Waals surface area contributed by atoms with Crippen molar-refractivity contribution < 1.29 is 13.2 Å². The number of rotatable bonds is 1. The van der Waals surface area contributed by atoms with Crippen molar-refractivity contribution in [2.24, 2.45) is 0 Å². The van der Waals surface area contributed by atoms with Gasteiger partial charge in [-0.15, -0.1) is 0 Å². The van der Waals surface area contributed by atoms with Gasteiger partial charge in [-0.2, -0.15) is 13.2 Å². The van der Waals surface area contributed by atoms with Gasteiger partial charge in [0.05, 0.1) is 5.56 Å². The standard InChI is InChI=1S/C9H9F3NO/c1-6-3-4-7(13(2)14)5-8(6)9(10,11)12/h3-5H,1-2H3/q-1. The topological polar surface area (TPSA) is 26.3 Å². The van der Waals surface area contributed by atoms with E-state index in [-0.39, 0.29) is 11.3 Å². The molecule has 0 fully saturated rings. The highest BCUT2D eigenvalue weighted by Crippen LogP contribution is 2.33. The highest BCUT2D eigenvalue weighted by atomic mass is 19.4. The first kappa shape index (κ1) is 10.8. The molecule has 0 bridgehead atoms. The van der Waals surface area contributed by atoms with Gasteiger partial charge in [-0.25, -0.2) is 0 Å². The van der Waals surface area contributed by atoms with Crippen molar-refractivity contribution in [2.45, 2.75) is 13.1 Å². The molecule has 0 aliphatic rings. The molecule has 0 unspecified atom stereocenters. The Morgan fingerprint density at radius 1 is 1.29 bits per heavy atom. The molecule has 0 radical (unpaired) electrons. The van der Waals surface area contributed by atoms with E-state index in [4.69, 9.17) is 0 Å². The van der Waals surface area contributed by atoms with Crippen molar-refractivity contribution >= 4 is 5.69 Å². The second-order valence-electron chi connectivity index (χ2n) is 2.99. The first-order valence-corrected chi connectivity index (χ1v) is 3.91. The quantitative estimate of drug-likeness (QED) is 0.657. The highest BCUT2D eigenvalue weighted by molar-refractivity contribution is 5.51. The molecule has 0 spiro atoms. The van der Waals surface area contributed by atoms with Gasteiger partial charge in [0.25, 0.3) is 0 Å². The van der Waals surface area contributed by atoms with Crippen molar-refractivity contribution in [3.05, 3.63) is 34.5 Å². The maximum atomic E-state index is 12.4. The summed E-state index contributed by atoms with van der Waals surface area (Å²) >= 11 is 0. The fourth-order valence-corrected chi connectivity index (χ4v) is 1.11. The second-order valence-corrected chi connectivity index (χ2v) is 2.99. The van der Waals surface area contributed by atoms with E-state index in [0.29, 0.717) is 5.06 Å². The average molecular weight is 204 g/mol. The first-order valence-electron chi connectivity index (χ1n) is 3.91. The normalized spacial score (nSPS) is 11.6. The van der Waals surface area contributed by atoms with E-state index in [1.165, 1.54) is 19.1 Å². The fraction of sp³-hybridized carbons (Fsp3) is 0.333. The molecule has 78 valence electrons. The summed E-state index contributed by atoms with van der Waals surface area (Å²) in [4.78, 5) is 0. The SMILES string of the molecule is Cc1ccc(N(C)[O-])cc1C(F)(F)F. The predicted molar refractivity (Wildman–Crippen MR) is 48.0 cm³/mol. The summed E-state index contributed by atoms with van der Waals surface area (Å²) in [5.74, 6) is 0. The van der Waals surface area contributed by atoms with Gasteiger partial charge < -0.3 is 10.3 Å². The van der Waals surface area contributed by atoms with Gasteiger partial charge in [-0.05, 0) is 31.7 Å². The Bertz CT molecular complexity index is 333. The maximum Gasteiger partial charge on any atom is 0.416 e. The van der Waals surface area contributed by atoms with Gasteiger partial charge >= 0.3 is 6.18 Å². The largest absolute Gasteiger partial charge is 0.758 e. The molecule has 0 aliphatic carbocycles. The molecule has 2 nitrogen and oxygen atoms in total. The van der Waals surface area contributed by atoms with Crippen molar-refractivity contribution in [1.29, 1.82) is 0 Å². The Hall–Kier alpha value is -1.23. The van der Waals surface area contributed by atoms with E-state index in [9.17, 15) is 18.4 Å². The zero-order chi connectivity index (χ0) is 10.9. The summed E-state index contributed by atoms with van der Waals surface area (Å²) in [6, 6.07) is 3.49. The van der Waals surface area contributed by atoms with Crippen molar-refractivity contribution in [3.8, 4) is 0 Å². The van der Waals surface area contributed by atoms with Crippen LogP contribution in [0.25, 0.3) is 0 Å². The molecule has 0 saturated carbocycles. The minimum Gasteiger partial charge on any atom is -0.758 e. The van der Waals surface area contributed by atoms with Gasteiger partial charge in [-0.1, -0.05) is 6.07 Å². The third-order valence-electron chi connectivity index (χ3n) is 1.89. The van der Waals surface area contributed by atoms with Crippen LogP contribution in [0.3, 0.4) is 0 Å². The Balaban J connectivity index is 3.22. The van der Waals surface area contributed by atoms with E-state index in [0.717, 1.165) is 13.1 Å². The molecule has 0 N–H and O–H groups in total. The predicted octanol–water partition coefficient (Wildman–Crippen LogP) is 2.95. The smallest absolute Gasteiger partial charge is 0.416 e. The third-order valence-corrected chi connectivity index (χ3v) is 1.89. The van der Waals surface area contributed by atoms with E-state index >= 15 is 0 Å². The monoisotopic (exact) mass is 204 g/mol. The van der Waals surface area contributed by atoms with E-state index in [1.807, 2.05) is 0 Å². The summed E-state index contributed by atoms with van der Waals surface area (Å²) in [6.45, 7) is 1.36. The van der Waals surface area contributed by atoms with Crippen molar-refractivity contribution in [3.63, 3.8) is 0 Å². The van der Waals surface area contributed by atoms with Crippen molar-refractivity contribution in [1.82, 2.24) is 0 Å². The summed E-state index contributed by atoms with van der Waals surface area (Å²) in [5.41, 5.74) is -0.649. The number of aryl methyl sites for hydroxylation is 1. The first-order chi connectivity index (χ1) is 6.32. The van der Waals surface area contributed by atoms with Crippen LogP contribution >= 0.6 is 0 Å². The molecule has 0 aliphatic heterocycles. The maximum absolute atomic E-state index is 12.4. The summed E-state index contributed by atoms with van der Waals surface area (Å²) in [6.07, 6.45) is -4.41. The number of halogens is 3. The molecule has 0 amide bonds. The zero-order valence-corrected chi connectivity index (χ0v) is 7.72. The van der Waals surface area contributed by atoms with Gasteiger partial charge in [0.2, 0.25) is 0 Å². The number of nitrogens with zero attached hydrogens (tertiary/aromatic N) is 1. The Morgan fingerprint density at radius 2 is 1.86 bits per heavy atom. The van der Waals surface area contributed by atoms with Crippen LogP contribution in [0, 0.1) is 12.1 Å². The lowest BCUT2D eigenvalue weighted by molar-refractivity contribution is -0.138. The van der Waals surface area contributed by atoms with Crippen LogP contribution in [0.4, 0.5) is 18.9 Å². The third kappa shape index (κ3) is 2.17.